The van der Waals surface area contributed by atoms with Gasteiger partial charge in [0.25, 0.3) is 0 Å². The molecular weight excluding hydrogens is 416 g/mol. The lowest BCUT2D eigenvalue weighted by atomic mass is 10.1. The summed E-state index contributed by atoms with van der Waals surface area (Å²) in [6.07, 6.45) is 0. The van der Waals surface area contributed by atoms with Crippen LogP contribution >= 0.6 is 15.9 Å². The van der Waals surface area contributed by atoms with Gasteiger partial charge in [0.2, 0.25) is 10.0 Å². The zero-order valence-electron chi connectivity index (χ0n) is 15.2. The third-order valence-corrected chi connectivity index (χ3v) is 7.10. The summed E-state index contributed by atoms with van der Waals surface area (Å²) in [5.41, 5.74) is 3.60. The lowest BCUT2D eigenvalue weighted by molar-refractivity contribution is 0.374. The molecule has 1 saturated heterocycles. The fraction of sp³-hybridized carbons (Fsp3) is 0.368. The minimum absolute atomic E-state index is 0.203. The third kappa shape index (κ3) is 3.75. The van der Waals surface area contributed by atoms with E-state index in [1.165, 1.54) is 23.9 Å². The van der Waals surface area contributed by atoms with E-state index in [9.17, 15) is 8.42 Å². The Hall–Kier alpha value is -1.57. The molecule has 0 bridgehead atoms. The van der Waals surface area contributed by atoms with E-state index >= 15 is 0 Å². The molecule has 140 valence electrons. The van der Waals surface area contributed by atoms with E-state index in [2.05, 4.69) is 52.9 Å². The van der Waals surface area contributed by atoms with Gasteiger partial charge in [-0.2, -0.15) is 4.31 Å². The predicted molar refractivity (Wildman–Crippen MR) is 108 cm³/mol. The van der Waals surface area contributed by atoms with Crippen molar-refractivity contribution >= 4 is 31.6 Å². The van der Waals surface area contributed by atoms with Crippen molar-refractivity contribution < 1.29 is 13.2 Å². The number of anilines is 1. The Balaban J connectivity index is 1.81. The Morgan fingerprint density at radius 2 is 1.69 bits per heavy atom. The van der Waals surface area contributed by atoms with Gasteiger partial charge in [-0.3, -0.25) is 0 Å². The summed E-state index contributed by atoms with van der Waals surface area (Å²) in [6, 6.07) is 11.4. The highest BCUT2D eigenvalue weighted by Gasteiger charge is 2.31. The molecule has 2 aromatic carbocycles. The third-order valence-electron chi connectivity index (χ3n) is 4.69. The Bertz CT molecular complexity index is 907. The summed E-state index contributed by atoms with van der Waals surface area (Å²) in [5, 5.41) is 0. The average Bonchev–Trinajstić information content (AvgIpc) is 2.64. The first kappa shape index (κ1) is 19.2. The molecule has 1 aliphatic rings. The number of methoxy groups -OCH3 is 1. The van der Waals surface area contributed by atoms with Gasteiger partial charge in [0.05, 0.1) is 7.11 Å². The van der Waals surface area contributed by atoms with Gasteiger partial charge in [-0.15, -0.1) is 0 Å². The van der Waals surface area contributed by atoms with Crippen molar-refractivity contribution in [1.82, 2.24) is 4.31 Å². The van der Waals surface area contributed by atoms with Crippen molar-refractivity contribution in [3.63, 3.8) is 0 Å². The first-order valence-corrected chi connectivity index (χ1v) is 10.7. The van der Waals surface area contributed by atoms with E-state index < -0.39 is 10.0 Å². The van der Waals surface area contributed by atoms with E-state index in [4.69, 9.17) is 4.74 Å². The maximum atomic E-state index is 13.1. The van der Waals surface area contributed by atoms with Crippen LogP contribution in [0.3, 0.4) is 0 Å². The van der Waals surface area contributed by atoms with Crippen LogP contribution < -0.4 is 9.64 Å². The first-order chi connectivity index (χ1) is 12.3. The molecule has 1 aliphatic heterocycles. The summed E-state index contributed by atoms with van der Waals surface area (Å²) in [7, 11) is -2.11. The summed E-state index contributed by atoms with van der Waals surface area (Å²) in [4.78, 5) is 2.46. The Morgan fingerprint density at radius 3 is 2.35 bits per heavy atom. The molecule has 0 amide bonds. The highest BCUT2D eigenvalue weighted by atomic mass is 79.9. The van der Waals surface area contributed by atoms with Crippen molar-refractivity contribution in [1.29, 1.82) is 0 Å². The Kier molecular flexibility index (Phi) is 5.60. The highest BCUT2D eigenvalue weighted by Crippen LogP contribution is 2.31. The quantitative estimate of drug-likeness (QED) is 0.731. The fourth-order valence-corrected chi connectivity index (χ4v) is 5.34. The normalized spacial score (nSPS) is 15.9. The summed E-state index contributed by atoms with van der Waals surface area (Å²) < 4.78 is 33.7. The molecule has 3 rings (SSSR count). The summed E-state index contributed by atoms with van der Waals surface area (Å²) in [6.45, 7) is 6.39. The van der Waals surface area contributed by atoms with Crippen LogP contribution in [-0.2, 0) is 10.0 Å². The maximum Gasteiger partial charge on any atom is 0.246 e. The lowest BCUT2D eigenvalue weighted by Crippen LogP contribution is -2.48. The maximum absolute atomic E-state index is 13.1. The van der Waals surface area contributed by atoms with Crippen molar-refractivity contribution in [3.05, 3.63) is 52.0 Å². The van der Waals surface area contributed by atoms with Gasteiger partial charge >= 0.3 is 0 Å². The Morgan fingerprint density at radius 1 is 1.00 bits per heavy atom. The minimum atomic E-state index is -3.60. The van der Waals surface area contributed by atoms with Gasteiger partial charge in [-0.05, 0) is 49.2 Å². The van der Waals surface area contributed by atoms with E-state index in [-0.39, 0.29) is 4.90 Å². The van der Waals surface area contributed by atoms with Crippen LogP contribution in [0.15, 0.2) is 45.8 Å². The number of benzene rings is 2. The fourth-order valence-electron chi connectivity index (χ4n) is 3.22. The molecule has 0 atom stereocenters. The molecule has 0 unspecified atom stereocenters. The van der Waals surface area contributed by atoms with Gasteiger partial charge in [0.1, 0.15) is 10.6 Å². The van der Waals surface area contributed by atoms with Gasteiger partial charge in [0.15, 0.2) is 0 Å². The molecule has 1 heterocycles. The number of hydrogen-bond acceptors (Lipinski definition) is 4. The van der Waals surface area contributed by atoms with Gasteiger partial charge < -0.3 is 9.64 Å². The standard InChI is InChI=1S/C19H23BrN2O3S/c1-14-4-5-15(2)17(12-14)21-8-10-22(11-9-21)26(23,24)19-13-16(20)6-7-18(19)25-3/h4-7,12-13H,8-11H2,1-3H3. The molecule has 26 heavy (non-hydrogen) atoms. The van der Waals surface area contributed by atoms with Crippen molar-refractivity contribution in [3.8, 4) is 5.75 Å². The number of piperazine rings is 1. The zero-order chi connectivity index (χ0) is 18.9. The molecule has 0 aliphatic carbocycles. The second-order valence-corrected chi connectivity index (χ2v) is 9.30. The first-order valence-electron chi connectivity index (χ1n) is 8.49. The molecule has 1 fully saturated rings. The number of rotatable bonds is 4. The van der Waals surface area contributed by atoms with Crippen molar-refractivity contribution in [2.45, 2.75) is 18.7 Å². The molecular formula is C19H23BrN2O3S. The monoisotopic (exact) mass is 438 g/mol. The molecule has 7 heteroatoms. The number of aryl methyl sites for hydroxylation is 2. The van der Waals surface area contributed by atoms with E-state index in [0.29, 0.717) is 36.4 Å². The molecule has 0 radical (unpaired) electrons. The second kappa shape index (κ2) is 7.58. The average molecular weight is 439 g/mol. The van der Waals surface area contributed by atoms with Gasteiger partial charge in [0, 0.05) is 36.3 Å². The van der Waals surface area contributed by atoms with E-state index in [0.717, 1.165) is 0 Å². The van der Waals surface area contributed by atoms with Crippen LogP contribution in [0.4, 0.5) is 5.69 Å². The largest absolute Gasteiger partial charge is 0.495 e. The smallest absolute Gasteiger partial charge is 0.246 e. The zero-order valence-corrected chi connectivity index (χ0v) is 17.6. The van der Waals surface area contributed by atoms with Crippen LogP contribution in [0.25, 0.3) is 0 Å². The molecule has 0 N–H and O–H groups in total. The van der Waals surface area contributed by atoms with Gasteiger partial charge in [-0.1, -0.05) is 28.1 Å². The highest BCUT2D eigenvalue weighted by molar-refractivity contribution is 9.10. The summed E-state index contributed by atoms with van der Waals surface area (Å²) >= 11 is 3.35. The van der Waals surface area contributed by atoms with Crippen LogP contribution in [0.1, 0.15) is 11.1 Å². The molecule has 0 spiro atoms. The van der Waals surface area contributed by atoms with Crippen LogP contribution in [0, 0.1) is 13.8 Å². The number of ether oxygens (including phenoxy) is 1. The number of halogens is 1. The van der Waals surface area contributed by atoms with E-state index in [1.54, 1.807) is 22.5 Å². The second-order valence-electron chi connectivity index (χ2n) is 6.48. The number of hydrogen-bond donors (Lipinski definition) is 0. The van der Waals surface area contributed by atoms with Crippen molar-refractivity contribution in [2.24, 2.45) is 0 Å². The predicted octanol–water partition coefficient (Wildman–Crippen LogP) is 3.59. The van der Waals surface area contributed by atoms with Crippen LogP contribution in [0.5, 0.6) is 5.75 Å². The lowest BCUT2D eigenvalue weighted by Gasteiger charge is -2.36. The van der Waals surface area contributed by atoms with Crippen molar-refractivity contribution in [2.75, 3.05) is 38.2 Å². The SMILES string of the molecule is COc1ccc(Br)cc1S(=O)(=O)N1CCN(c2cc(C)ccc2C)CC1. The Labute approximate surface area is 163 Å². The number of nitrogens with zero attached hydrogens (tertiary/aromatic N) is 2. The minimum Gasteiger partial charge on any atom is -0.495 e. The molecule has 5 nitrogen and oxygen atoms in total. The van der Waals surface area contributed by atoms with Crippen LogP contribution in [-0.4, -0.2) is 46.0 Å². The molecule has 0 saturated carbocycles. The van der Waals surface area contributed by atoms with Crippen LogP contribution in [0.2, 0.25) is 0 Å². The number of sulfonamides is 1. The van der Waals surface area contributed by atoms with Gasteiger partial charge in [-0.25, -0.2) is 8.42 Å². The summed E-state index contributed by atoms with van der Waals surface area (Å²) in [5.74, 6) is 0.366. The van der Waals surface area contributed by atoms with E-state index in [1.807, 2.05) is 0 Å². The topological polar surface area (TPSA) is 49.9 Å². The molecule has 2 aromatic rings. The molecule has 0 aromatic heterocycles.